The van der Waals surface area contributed by atoms with Gasteiger partial charge in [-0.2, -0.15) is 0 Å². The lowest BCUT2D eigenvalue weighted by atomic mass is 9.62. The molecule has 1 N–H and O–H groups in total. The van der Waals surface area contributed by atoms with Gasteiger partial charge in [0.15, 0.2) is 0 Å². The zero-order chi connectivity index (χ0) is 17.4. The molecule has 2 aliphatic rings. The normalized spacial score (nSPS) is 26.6. The van der Waals surface area contributed by atoms with Crippen LogP contribution in [0.1, 0.15) is 49.9 Å². The Kier molecular flexibility index (Phi) is 4.41. The first-order chi connectivity index (χ1) is 12.1. The van der Waals surface area contributed by atoms with Gasteiger partial charge in [-0.25, -0.2) is 4.98 Å². The zero-order valence-corrected chi connectivity index (χ0v) is 15.5. The number of anilines is 1. The van der Waals surface area contributed by atoms with Gasteiger partial charge in [0, 0.05) is 20.2 Å². The minimum Gasteiger partial charge on any atom is -0.381 e. The quantitative estimate of drug-likeness (QED) is 0.827. The molecular weight excluding hydrogens is 338 g/mol. The lowest BCUT2D eigenvalue weighted by molar-refractivity contribution is -0.00697. The number of nitrogens with one attached hydrogen (secondary N) is 1. The fourth-order valence-corrected chi connectivity index (χ4v) is 4.48. The number of aryl methyl sites for hydroxylation is 1. The Hall–Kier alpha value is -1.66. The van der Waals surface area contributed by atoms with Gasteiger partial charge in [0.1, 0.15) is 23.1 Å². The number of ether oxygens (including phenoxy) is 1. The Morgan fingerprint density at radius 2 is 2.04 bits per heavy atom. The summed E-state index contributed by atoms with van der Waals surface area (Å²) in [5.74, 6) is 1.81. The van der Waals surface area contributed by atoms with Gasteiger partial charge in [-0.1, -0.05) is 24.4 Å². The molecule has 0 aliphatic heterocycles. The van der Waals surface area contributed by atoms with Gasteiger partial charge in [0.2, 0.25) is 0 Å². The van der Waals surface area contributed by atoms with Crippen molar-refractivity contribution >= 4 is 17.4 Å². The van der Waals surface area contributed by atoms with Crippen LogP contribution in [0, 0.1) is 0 Å². The number of nitrogens with zero attached hydrogens (tertiary/aromatic N) is 4. The maximum atomic E-state index is 6.37. The van der Waals surface area contributed by atoms with E-state index in [-0.39, 0.29) is 11.5 Å². The third kappa shape index (κ3) is 3.02. The van der Waals surface area contributed by atoms with E-state index in [0.717, 1.165) is 30.0 Å². The SMILES string of the molecule is COC1CC(c2cc(Cl)nc(NC3CCCC3)c2)(c2nncn2C)C1. The van der Waals surface area contributed by atoms with Crippen LogP contribution in [-0.4, -0.2) is 39.0 Å². The van der Waals surface area contributed by atoms with Gasteiger partial charge >= 0.3 is 0 Å². The van der Waals surface area contributed by atoms with Crippen molar-refractivity contribution in [1.29, 1.82) is 0 Å². The fourth-order valence-electron chi connectivity index (χ4n) is 4.27. The third-order valence-corrected chi connectivity index (χ3v) is 5.87. The first-order valence-electron chi connectivity index (χ1n) is 8.92. The molecule has 7 heteroatoms. The average molecular weight is 362 g/mol. The number of hydrogen-bond donors (Lipinski definition) is 1. The van der Waals surface area contributed by atoms with Crippen LogP contribution in [0.4, 0.5) is 5.82 Å². The standard InChI is InChI=1S/C18H24ClN5O/c1-24-11-20-23-17(24)18(9-14(10-18)25-2)12-7-15(19)22-16(8-12)21-13-5-3-4-6-13/h7-8,11,13-14H,3-6,9-10H2,1-2H3,(H,21,22). The lowest BCUT2D eigenvalue weighted by Gasteiger charge is -2.46. The second-order valence-corrected chi connectivity index (χ2v) is 7.69. The molecule has 2 fully saturated rings. The molecule has 0 unspecified atom stereocenters. The van der Waals surface area contributed by atoms with Crippen molar-refractivity contribution in [3.8, 4) is 0 Å². The topological polar surface area (TPSA) is 64.9 Å². The molecule has 2 saturated carbocycles. The van der Waals surface area contributed by atoms with Crippen molar-refractivity contribution in [3.63, 3.8) is 0 Å². The molecule has 134 valence electrons. The van der Waals surface area contributed by atoms with Crippen molar-refractivity contribution in [2.24, 2.45) is 7.05 Å². The van der Waals surface area contributed by atoms with Gasteiger partial charge in [-0.15, -0.1) is 10.2 Å². The Morgan fingerprint density at radius 3 is 2.68 bits per heavy atom. The number of aromatic nitrogens is 4. The van der Waals surface area contributed by atoms with Gasteiger partial charge in [-0.05, 0) is 43.4 Å². The van der Waals surface area contributed by atoms with Crippen LogP contribution in [0.15, 0.2) is 18.5 Å². The first-order valence-corrected chi connectivity index (χ1v) is 9.30. The molecule has 6 nitrogen and oxygen atoms in total. The predicted octanol–water partition coefficient (Wildman–Crippen LogP) is 3.31. The van der Waals surface area contributed by atoms with Crippen molar-refractivity contribution in [2.75, 3.05) is 12.4 Å². The summed E-state index contributed by atoms with van der Waals surface area (Å²) in [5.41, 5.74) is 0.919. The van der Waals surface area contributed by atoms with E-state index < -0.39 is 0 Å². The van der Waals surface area contributed by atoms with E-state index in [1.807, 2.05) is 17.7 Å². The summed E-state index contributed by atoms with van der Waals surface area (Å²) < 4.78 is 7.54. The zero-order valence-electron chi connectivity index (χ0n) is 14.7. The molecule has 4 rings (SSSR count). The summed E-state index contributed by atoms with van der Waals surface area (Å²) >= 11 is 6.37. The van der Waals surface area contributed by atoms with Crippen molar-refractivity contribution in [2.45, 2.75) is 56.1 Å². The minimum atomic E-state index is -0.218. The Balaban J connectivity index is 1.70. The van der Waals surface area contributed by atoms with E-state index in [0.29, 0.717) is 11.2 Å². The van der Waals surface area contributed by atoms with Gasteiger partial charge in [-0.3, -0.25) is 0 Å². The van der Waals surface area contributed by atoms with Crippen LogP contribution in [0.5, 0.6) is 0 Å². The number of halogens is 1. The van der Waals surface area contributed by atoms with E-state index in [9.17, 15) is 0 Å². The largest absolute Gasteiger partial charge is 0.381 e. The monoisotopic (exact) mass is 361 g/mol. The highest BCUT2D eigenvalue weighted by Gasteiger charge is 2.50. The summed E-state index contributed by atoms with van der Waals surface area (Å²) in [6.45, 7) is 0. The van der Waals surface area contributed by atoms with Gasteiger partial charge in [0.25, 0.3) is 0 Å². The van der Waals surface area contributed by atoms with Crippen molar-refractivity contribution < 1.29 is 4.74 Å². The maximum Gasteiger partial charge on any atom is 0.143 e. The second-order valence-electron chi connectivity index (χ2n) is 7.30. The van der Waals surface area contributed by atoms with Gasteiger partial charge < -0.3 is 14.6 Å². The molecular formula is C18H24ClN5O. The van der Waals surface area contributed by atoms with E-state index in [2.05, 4.69) is 26.6 Å². The molecule has 0 saturated heterocycles. The van der Waals surface area contributed by atoms with Crippen LogP contribution in [-0.2, 0) is 17.2 Å². The molecule has 0 amide bonds. The first kappa shape index (κ1) is 16.8. The molecule has 0 aromatic carbocycles. The Labute approximate surface area is 153 Å². The van der Waals surface area contributed by atoms with E-state index in [1.54, 1.807) is 13.4 Å². The molecule has 0 spiro atoms. The molecule has 0 bridgehead atoms. The van der Waals surface area contributed by atoms with Crippen molar-refractivity contribution in [3.05, 3.63) is 35.0 Å². The van der Waals surface area contributed by atoms with Crippen LogP contribution >= 0.6 is 11.6 Å². The summed E-state index contributed by atoms with van der Waals surface area (Å²) in [6.07, 6.45) is 8.69. The highest BCUT2D eigenvalue weighted by atomic mass is 35.5. The van der Waals surface area contributed by atoms with E-state index >= 15 is 0 Å². The number of pyridine rings is 1. The Morgan fingerprint density at radius 1 is 1.28 bits per heavy atom. The molecule has 0 atom stereocenters. The summed E-state index contributed by atoms with van der Waals surface area (Å²) in [4.78, 5) is 4.49. The summed E-state index contributed by atoms with van der Waals surface area (Å²) in [5, 5.41) is 12.5. The molecule has 2 heterocycles. The maximum absolute atomic E-state index is 6.37. The number of hydrogen-bond acceptors (Lipinski definition) is 5. The van der Waals surface area contributed by atoms with E-state index in [1.165, 1.54) is 25.7 Å². The van der Waals surface area contributed by atoms with Gasteiger partial charge in [0.05, 0.1) is 11.5 Å². The second kappa shape index (κ2) is 6.57. The van der Waals surface area contributed by atoms with Crippen LogP contribution in [0.3, 0.4) is 0 Å². The fraction of sp³-hybridized carbons (Fsp3) is 0.611. The predicted molar refractivity (Wildman–Crippen MR) is 96.9 cm³/mol. The molecule has 2 aliphatic carbocycles. The molecule has 2 aromatic rings. The van der Waals surface area contributed by atoms with E-state index in [4.69, 9.17) is 16.3 Å². The number of methoxy groups -OCH3 is 1. The molecule has 25 heavy (non-hydrogen) atoms. The van der Waals surface area contributed by atoms with Crippen LogP contribution < -0.4 is 5.32 Å². The average Bonchev–Trinajstić information content (AvgIpc) is 3.19. The third-order valence-electron chi connectivity index (χ3n) is 5.68. The number of rotatable bonds is 5. The Bertz CT molecular complexity index is 750. The van der Waals surface area contributed by atoms with Crippen LogP contribution in [0.2, 0.25) is 5.15 Å². The highest BCUT2D eigenvalue weighted by Crippen LogP contribution is 2.50. The lowest BCUT2D eigenvalue weighted by Crippen LogP contribution is -2.48. The van der Waals surface area contributed by atoms with Crippen LogP contribution in [0.25, 0.3) is 0 Å². The highest BCUT2D eigenvalue weighted by molar-refractivity contribution is 6.29. The molecule has 2 aromatic heterocycles. The smallest absolute Gasteiger partial charge is 0.143 e. The summed E-state index contributed by atoms with van der Waals surface area (Å²) in [7, 11) is 3.75. The summed E-state index contributed by atoms with van der Waals surface area (Å²) in [6, 6.07) is 4.59. The molecule has 0 radical (unpaired) electrons. The minimum absolute atomic E-state index is 0.218. The van der Waals surface area contributed by atoms with Crippen molar-refractivity contribution in [1.82, 2.24) is 19.7 Å².